The van der Waals surface area contributed by atoms with Gasteiger partial charge < -0.3 is 5.32 Å². The minimum atomic E-state index is -3.52. The van der Waals surface area contributed by atoms with Crippen molar-refractivity contribution < 1.29 is 8.42 Å². The summed E-state index contributed by atoms with van der Waals surface area (Å²) in [6.45, 7) is 4.00. The van der Waals surface area contributed by atoms with Crippen molar-refractivity contribution in [1.29, 1.82) is 0 Å². The van der Waals surface area contributed by atoms with Crippen LogP contribution in [-0.4, -0.2) is 31.7 Å². The van der Waals surface area contributed by atoms with Gasteiger partial charge in [-0.05, 0) is 27.0 Å². The lowest BCUT2D eigenvalue weighted by Gasteiger charge is -2.06. The van der Waals surface area contributed by atoms with E-state index in [9.17, 15) is 8.42 Å². The second-order valence-corrected chi connectivity index (χ2v) is 7.25. The van der Waals surface area contributed by atoms with Crippen LogP contribution < -0.4 is 10.0 Å². The summed E-state index contributed by atoms with van der Waals surface area (Å²) in [4.78, 5) is 0.203. The summed E-state index contributed by atoms with van der Waals surface area (Å²) in [5.74, 6) is 0. The molecule has 0 aliphatic rings. The molecule has 0 aliphatic heterocycles. The largest absolute Gasteiger partial charge is 0.358 e. The molecule has 0 spiro atoms. The van der Waals surface area contributed by atoms with Gasteiger partial charge in [0.15, 0.2) is 5.01 Å². The van der Waals surface area contributed by atoms with Crippen LogP contribution in [0.25, 0.3) is 10.6 Å². The fraction of sp³-hybridized carbons (Fsp3) is 0.333. The second kappa shape index (κ2) is 5.86. The Morgan fingerprint density at radius 2 is 1.90 bits per heavy atom. The van der Waals surface area contributed by atoms with Gasteiger partial charge in [0.25, 0.3) is 0 Å². The molecule has 0 unspecified atom stereocenters. The third kappa shape index (κ3) is 3.14. The molecule has 0 amide bonds. The van der Waals surface area contributed by atoms with Crippen LogP contribution >= 0.6 is 11.3 Å². The Hall–Kier alpha value is -1.51. The number of nitrogens with one attached hydrogen (secondary N) is 2. The molecule has 0 radical (unpaired) electrons. The Labute approximate surface area is 122 Å². The minimum Gasteiger partial charge on any atom is -0.358 e. The van der Waals surface area contributed by atoms with E-state index < -0.39 is 10.0 Å². The lowest BCUT2D eigenvalue weighted by Crippen LogP contribution is -2.19. The number of rotatable bonds is 5. The van der Waals surface area contributed by atoms with Crippen LogP contribution in [0.3, 0.4) is 0 Å². The number of anilines is 1. The van der Waals surface area contributed by atoms with Crippen molar-refractivity contribution in [2.24, 2.45) is 0 Å². The molecule has 1 aromatic heterocycles. The summed E-state index contributed by atoms with van der Waals surface area (Å²) in [6, 6.07) is 6.98. The first kappa shape index (κ1) is 14.9. The lowest BCUT2D eigenvalue weighted by atomic mass is 10.2. The number of aromatic nitrogens is 2. The molecule has 2 N–H and O–H groups in total. The topological polar surface area (TPSA) is 84.0 Å². The Morgan fingerprint density at radius 3 is 2.55 bits per heavy atom. The molecule has 20 heavy (non-hydrogen) atoms. The third-order valence-electron chi connectivity index (χ3n) is 2.51. The van der Waals surface area contributed by atoms with E-state index in [0.29, 0.717) is 15.7 Å². The highest BCUT2D eigenvalue weighted by Gasteiger charge is 2.19. The van der Waals surface area contributed by atoms with Gasteiger partial charge in [-0.2, -0.15) is 0 Å². The lowest BCUT2D eigenvalue weighted by molar-refractivity contribution is 0.588. The molecule has 1 heterocycles. The van der Waals surface area contributed by atoms with Crippen molar-refractivity contribution in [1.82, 2.24) is 14.9 Å². The average Bonchev–Trinajstić information content (AvgIpc) is 2.86. The zero-order valence-electron chi connectivity index (χ0n) is 11.4. The Morgan fingerprint density at radius 1 is 1.20 bits per heavy atom. The van der Waals surface area contributed by atoms with E-state index in [4.69, 9.17) is 0 Å². The first-order valence-corrected chi connectivity index (χ1v) is 8.37. The predicted octanol–water partition coefficient (Wildman–Crippen LogP) is 1.93. The summed E-state index contributed by atoms with van der Waals surface area (Å²) >= 11 is 1.33. The van der Waals surface area contributed by atoms with Crippen LogP contribution in [-0.2, 0) is 10.0 Å². The first-order valence-electron chi connectivity index (χ1n) is 6.07. The molecule has 2 rings (SSSR count). The van der Waals surface area contributed by atoms with E-state index in [1.165, 1.54) is 18.4 Å². The third-order valence-corrected chi connectivity index (χ3v) is 4.87. The molecule has 0 aliphatic carbocycles. The Bertz CT molecular complexity index is 695. The molecule has 6 nitrogen and oxygen atoms in total. The zero-order chi connectivity index (χ0) is 14.8. The minimum absolute atomic E-state index is 0.203. The molecule has 1 aromatic carbocycles. The standard InChI is InChI=1S/C12H16N4O2S2/c1-8(2)14-12-16-15-11(19-12)9-6-4-5-7-10(9)20(17,18)13-3/h4-8,13H,1-3H3,(H,14,16). The van der Waals surface area contributed by atoms with E-state index >= 15 is 0 Å². The van der Waals surface area contributed by atoms with Gasteiger partial charge in [-0.3, -0.25) is 0 Å². The van der Waals surface area contributed by atoms with Crippen LogP contribution in [0.5, 0.6) is 0 Å². The first-order chi connectivity index (χ1) is 9.44. The summed E-state index contributed by atoms with van der Waals surface area (Å²) < 4.78 is 26.3. The number of sulfonamides is 1. The molecule has 0 bridgehead atoms. The second-order valence-electron chi connectivity index (χ2n) is 4.42. The highest BCUT2D eigenvalue weighted by Crippen LogP contribution is 2.31. The van der Waals surface area contributed by atoms with Crippen LogP contribution in [0.4, 0.5) is 5.13 Å². The van der Waals surface area contributed by atoms with Crippen LogP contribution in [0.15, 0.2) is 29.2 Å². The smallest absolute Gasteiger partial charge is 0.241 e. The number of hydrogen-bond acceptors (Lipinski definition) is 6. The number of benzene rings is 1. The summed E-state index contributed by atoms with van der Waals surface area (Å²) in [6.07, 6.45) is 0. The van der Waals surface area contributed by atoms with Crippen molar-refractivity contribution in [3.8, 4) is 10.6 Å². The molecule has 0 saturated heterocycles. The predicted molar refractivity (Wildman–Crippen MR) is 80.3 cm³/mol. The fourth-order valence-corrected chi connectivity index (χ4v) is 3.55. The van der Waals surface area contributed by atoms with Gasteiger partial charge in [-0.15, -0.1) is 10.2 Å². The quantitative estimate of drug-likeness (QED) is 0.881. The molecular formula is C12H16N4O2S2. The number of hydrogen-bond donors (Lipinski definition) is 2. The van der Waals surface area contributed by atoms with Gasteiger partial charge >= 0.3 is 0 Å². The summed E-state index contributed by atoms with van der Waals surface area (Å²) in [5, 5.41) is 12.5. The highest BCUT2D eigenvalue weighted by molar-refractivity contribution is 7.89. The highest BCUT2D eigenvalue weighted by atomic mass is 32.2. The van der Waals surface area contributed by atoms with E-state index in [0.717, 1.165) is 0 Å². The van der Waals surface area contributed by atoms with Crippen molar-refractivity contribution in [3.63, 3.8) is 0 Å². The van der Waals surface area contributed by atoms with Gasteiger partial charge in [-0.25, -0.2) is 13.1 Å². The van der Waals surface area contributed by atoms with Gasteiger partial charge in [0, 0.05) is 11.6 Å². The number of nitrogens with zero attached hydrogens (tertiary/aromatic N) is 2. The van der Waals surface area contributed by atoms with Crippen molar-refractivity contribution >= 4 is 26.5 Å². The average molecular weight is 312 g/mol. The van der Waals surface area contributed by atoms with E-state index in [1.54, 1.807) is 24.3 Å². The maximum atomic E-state index is 12.0. The Kier molecular flexibility index (Phi) is 4.36. The van der Waals surface area contributed by atoms with Crippen LogP contribution in [0.1, 0.15) is 13.8 Å². The monoisotopic (exact) mass is 312 g/mol. The van der Waals surface area contributed by atoms with Gasteiger partial charge in [-0.1, -0.05) is 29.5 Å². The van der Waals surface area contributed by atoms with E-state index in [2.05, 4.69) is 20.2 Å². The van der Waals surface area contributed by atoms with Crippen LogP contribution in [0, 0.1) is 0 Å². The van der Waals surface area contributed by atoms with E-state index in [-0.39, 0.29) is 10.9 Å². The maximum absolute atomic E-state index is 12.0. The molecule has 108 valence electrons. The SMILES string of the molecule is CNS(=O)(=O)c1ccccc1-c1nnc(NC(C)C)s1. The van der Waals surface area contributed by atoms with Gasteiger partial charge in [0.1, 0.15) is 0 Å². The molecule has 0 atom stereocenters. The summed E-state index contributed by atoms with van der Waals surface area (Å²) in [5.41, 5.74) is 0.552. The van der Waals surface area contributed by atoms with Gasteiger partial charge in [0.2, 0.25) is 15.2 Å². The summed E-state index contributed by atoms with van der Waals surface area (Å²) in [7, 11) is -2.14. The maximum Gasteiger partial charge on any atom is 0.241 e. The molecule has 0 saturated carbocycles. The van der Waals surface area contributed by atoms with Crippen molar-refractivity contribution in [3.05, 3.63) is 24.3 Å². The zero-order valence-corrected chi connectivity index (χ0v) is 13.0. The molecule has 2 aromatic rings. The van der Waals surface area contributed by atoms with Crippen molar-refractivity contribution in [2.75, 3.05) is 12.4 Å². The molecule has 8 heteroatoms. The Balaban J connectivity index is 2.46. The normalized spacial score (nSPS) is 11.8. The molecule has 0 fully saturated rings. The van der Waals surface area contributed by atoms with Gasteiger partial charge in [0.05, 0.1) is 4.90 Å². The van der Waals surface area contributed by atoms with Crippen molar-refractivity contribution in [2.45, 2.75) is 24.8 Å². The van der Waals surface area contributed by atoms with Crippen LogP contribution in [0.2, 0.25) is 0 Å². The fourth-order valence-electron chi connectivity index (χ4n) is 1.62. The van der Waals surface area contributed by atoms with E-state index in [1.807, 2.05) is 13.8 Å². The molecular weight excluding hydrogens is 296 g/mol.